The summed E-state index contributed by atoms with van der Waals surface area (Å²) in [4.78, 5) is 4.63. The summed E-state index contributed by atoms with van der Waals surface area (Å²) in [7, 11) is 0. The van der Waals surface area contributed by atoms with E-state index >= 15 is 0 Å². The van der Waals surface area contributed by atoms with Gasteiger partial charge in [-0.2, -0.15) is 0 Å². The number of benzene rings is 1. The maximum Gasteiger partial charge on any atom is 0.0897 e. The van der Waals surface area contributed by atoms with Crippen molar-refractivity contribution in [2.24, 2.45) is 5.92 Å². The number of aromatic nitrogens is 1. The maximum absolute atomic E-state index is 4.63. The molecule has 1 aliphatic rings. The van der Waals surface area contributed by atoms with E-state index < -0.39 is 0 Å². The highest BCUT2D eigenvalue weighted by Crippen LogP contribution is 2.21. The molecule has 1 heterocycles. The summed E-state index contributed by atoms with van der Waals surface area (Å²) in [5.41, 5.74) is 2.69. The molecule has 1 aromatic heterocycles. The number of hydrogen-bond donors (Lipinski definition) is 1. The van der Waals surface area contributed by atoms with Crippen LogP contribution in [0.1, 0.15) is 29.1 Å². The van der Waals surface area contributed by atoms with Gasteiger partial charge < -0.3 is 5.32 Å². The smallest absolute Gasteiger partial charge is 0.0897 e. The van der Waals surface area contributed by atoms with Crippen LogP contribution >= 0.6 is 11.3 Å². The highest BCUT2D eigenvalue weighted by molar-refractivity contribution is 7.09. The minimum atomic E-state index is 0.638. The van der Waals surface area contributed by atoms with Crippen molar-refractivity contribution >= 4 is 11.3 Å². The molecule has 2 aromatic rings. The lowest BCUT2D eigenvalue weighted by molar-refractivity contribution is 0.465. The fraction of sp³-hybridized carbons (Fsp3) is 0.471. The van der Waals surface area contributed by atoms with E-state index in [1.807, 2.05) is 0 Å². The van der Waals surface area contributed by atoms with Crippen molar-refractivity contribution in [1.82, 2.24) is 10.3 Å². The minimum Gasteiger partial charge on any atom is -0.314 e. The molecule has 1 atom stereocenters. The van der Waals surface area contributed by atoms with Gasteiger partial charge in [0.2, 0.25) is 0 Å². The Kier molecular flexibility index (Phi) is 4.48. The summed E-state index contributed by atoms with van der Waals surface area (Å²) in [6.07, 6.45) is 4.93. The first kappa shape index (κ1) is 13.8. The second kappa shape index (κ2) is 6.51. The molecule has 3 heteroatoms. The van der Waals surface area contributed by atoms with Gasteiger partial charge in [-0.05, 0) is 50.6 Å². The van der Waals surface area contributed by atoms with Crippen molar-refractivity contribution < 1.29 is 0 Å². The summed E-state index contributed by atoms with van der Waals surface area (Å²) in [6, 6.07) is 11.6. The van der Waals surface area contributed by atoms with E-state index in [4.69, 9.17) is 0 Å². The summed E-state index contributed by atoms with van der Waals surface area (Å²) in [6.45, 7) is 3.19. The van der Waals surface area contributed by atoms with Crippen LogP contribution in [-0.4, -0.2) is 17.6 Å². The molecule has 1 N–H and O–H groups in total. The number of nitrogens with zero attached hydrogens (tertiary/aromatic N) is 1. The number of rotatable bonds is 7. The molecule has 1 saturated carbocycles. The highest BCUT2D eigenvalue weighted by Gasteiger charge is 2.22. The van der Waals surface area contributed by atoms with Crippen molar-refractivity contribution in [1.29, 1.82) is 0 Å². The Morgan fingerprint density at radius 2 is 2.05 bits per heavy atom. The van der Waals surface area contributed by atoms with E-state index in [0.29, 0.717) is 5.92 Å². The van der Waals surface area contributed by atoms with Crippen LogP contribution in [0, 0.1) is 12.8 Å². The van der Waals surface area contributed by atoms with Gasteiger partial charge in [0.25, 0.3) is 0 Å². The zero-order chi connectivity index (χ0) is 13.8. The summed E-state index contributed by atoms with van der Waals surface area (Å²) in [5.74, 6) is 0.638. The minimum absolute atomic E-state index is 0.638. The molecule has 20 heavy (non-hydrogen) atoms. The molecule has 0 spiro atoms. The first-order chi connectivity index (χ1) is 9.79. The summed E-state index contributed by atoms with van der Waals surface area (Å²) in [5, 5.41) is 7.07. The zero-order valence-corrected chi connectivity index (χ0v) is 12.8. The van der Waals surface area contributed by atoms with Crippen LogP contribution < -0.4 is 5.32 Å². The zero-order valence-electron chi connectivity index (χ0n) is 12.0. The Labute approximate surface area is 125 Å². The largest absolute Gasteiger partial charge is 0.314 e. The van der Waals surface area contributed by atoms with Gasteiger partial charge in [0.1, 0.15) is 0 Å². The Morgan fingerprint density at radius 1 is 1.25 bits per heavy atom. The lowest BCUT2D eigenvalue weighted by atomic mass is 9.95. The second-order valence-electron chi connectivity index (χ2n) is 5.80. The molecule has 3 rings (SSSR count). The highest BCUT2D eigenvalue weighted by atomic mass is 32.1. The van der Waals surface area contributed by atoms with Crippen LogP contribution in [0.25, 0.3) is 0 Å². The van der Waals surface area contributed by atoms with Crippen molar-refractivity contribution in [2.45, 2.75) is 38.6 Å². The third kappa shape index (κ3) is 4.15. The average molecular weight is 286 g/mol. The Balaban J connectivity index is 1.62. The van der Waals surface area contributed by atoms with Crippen LogP contribution in [0.5, 0.6) is 0 Å². The van der Waals surface area contributed by atoms with Crippen LogP contribution in [0.3, 0.4) is 0 Å². The molecule has 0 aliphatic heterocycles. The molecular formula is C17H22N2S. The molecule has 2 nitrogen and oxygen atoms in total. The van der Waals surface area contributed by atoms with E-state index in [2.05, 4.69) is 52.9 Å². The van der Waals surface area contributed by atoms with Crippen molar-refractivity contribution in [3.63, 3.8) is 0 Å². The van der Waals surface area contributed by atoms with E-state index in [9.17, 15) is 0 Å². The van der Waals surface area contributed by atoms with Gasteiger partial charge in [0.05, 0.1) is 10.7 Å². The van der Waals surface area contributed by atoms with Gasteiger partial charge in [-0.1, -0.05) is 30.3 Å². The van der Waals surface area contributed by atoms with Crippen molar-refractivity contribution in [3.8, 4) is 0 Å². The first-order valence-electron chi connectivity index (χ1n) is 7.48. The monoisotopic (exact) mass is 286 g/mol. The third-order valence-corrected chi connectivity index (χ3v) is 4.63. The Hall–Kier alpha value is -1.19. The summed E-state index contributed by atoms with van der Waals surface area (Å²) >= 11 is 1.76. The summed E-state index contributed by atoms with van der Waals surface area (Å²) < 4.78 is 0. The molecular weight excluding hydrogens is 264 g/mol. The quantitative estimate of drug-likeness (QED) is 0.841. The van der Waals surface area contributed by atoms with Gasteiger partial charge in [0, 0.05) is 11.4 Å². The SMILES string of the molecule is Cc1nc(CC(CNC2CC2)Cc2ccccc2)cs1. The standard InChI is InChI=1S/C17H22N2S/c1-13-19-17(12-20-13)10-15(11-18-16-7-8-16)9-14-5-3-2-4-6-14/h2-6,12,15-16,18H,7-11H2,1H3. The Morgan fingerprint density at radius 3 is 2.70 bits per heavy atom. The van der Waals surface area contributed by atoms with E-state index in [0.717, 1.165) is 25.4 Å². The van der Waals surface area contributed by atoms with Crippen LogP contribution in [-0.2, 0) is 12.8 Å². The van der Waals surface area contributed by atoms with E-state index in [1.54, 1.807) is 11.3 Å². The molecule has 1 aromatic carbocycles. The van der Waals surface area contributed by atoms with Crippen LogP contribution in [0.4, 0.5) is 0 Å². The molecule has 1 unspecified atom stereocenters. The molecule has 0 saturated heterocycles. The molecule has 0 radical (unpaired) electrons. The molecule has 0 amide bonds. The normalized spacial score (nSPS) is 16.2. The number of nitrogens with one attached hydrogen (secondary N) is 1. The van der Waals surface area contributed by atoms with Gasteiger partial charge in [0.15, 0.2) is 0 Å². The van der Waals surface area contributed by atoms with E-state index in [1.165, 1.54) is 29.1 Å². The number of thiazole rings is 1. The van der Waals surface area contributed by atoms with Crippen molar-refractivity contribution in [3.05, 3.63) is 52.0 Å². The van der Waals surface area contributed by atoms with E-state index in [-0.39, 0.29) is 0 Å². The number of hydrogen-bond acceptors (Lipinski definition) is 3. The average Bonchev–Trinajstić information content (AvgIpc) is 3.20. The predicted molar refractivity (Wildman–Crippen MR) is 85.2 cm³/mol. The third-order valence-electron chi connectivity index (χ3n) is 3.80. The topological polar surface area (TPSA) is 24.9 Å². The lowest BCUT2D eigenvalue weighted by Crippen LogP contribution is -2.27. The van der Waals surface area contributed by atoms with Gasteiger partial charge >= 0.3 is 0 Å². The second-order valence-corrected chi connectivity index (χ2v) is 6.86. The fourth-order valence-corrected chi connectivity index (χ4v) is 3.21. The molecule has 0 bridgehead atoms. The lowest BCUT2D eigenvalue weighted by Gasteiger charge is -2.17. The van der Waals surface area contributed by atoms with Gasteiger partial charge in [-0.25, -0.2) is 4.98 Å². The van der Waals surface area contributed by atoms with Crippen LogP contribution in [0.2, 0.25) is 0 Å². The molecule has 1 aliphatic carbocycles. The maximum atomic E-state index is 4.63. The fourth-order valence-electron chi connectivity index (χ4n) is 2.58. The van der Waals surface area contributed by atoms with Gasteiger partial charge in [-0.3, -0.25) is 0 Å². The molecule has 106 valence electrons. The Bertz CT molecular complexity index is 531. The molecule has 1 fully saturated rings. The van der Waals surface area contributed by atoms with Gasteiger partial charge in [-0.15, -0.1) is 11.3 Å². The van der Waals surface area contributed by atoms with Crippen molar-refractivity contribution in [2.75, 3.05) is 6.54 Å². The predicted octanol–water partition coefficient (Wildman–Crippen LogP) is 3.60. The van der Waals surface area contributed by atoms with Crippen LogP contribution in [0.15, 0.2) is 35.7 Å². The first-order valence-corrected chi connectivity index (χ1v) is 8.36. The number of aryl methyl sites for hydroxylation is 1.